The molecule has 0 spiro atoms. The maximum atomic E-state index is 13.2. The van der Waals surface area contributed by atoms with Crippen molar-refractivity contribution >= 4 is 21.2 Å². The van der Waals surface area contributed by atoms with Gasteiger partial charge in [0.1, 0.15) is 5.25 Å². The third kappa shape index (κ3) is 3.80. The maximum absolute atomic E-state index is 13.2. The largest absolute Gasteiger partial charge is 0.293 e. The predicted molar refractivity (Wildman–Crippen MR) is 104 cm³/mol. The van der Waals surface area contributed by atoms with E-state index in [0.29, 0.717) is 6.42 Å². The van der Waals surface area contributed by atoms with Crippen LogP contribution in [0.1, 0.15) is 38.2 Å². The quantitative estimate of drug-likeness (QED) is 0.743. The SMILES string of the molecule is CCCC[C@H]1CC(c2ccccc2)=CC(=O)[C@H]1S(=O)(=O)c1ccccc1. The lowest BCUT2D eigenvalue weighted by molar-refractivity contribution is -0.115. The van der Waals surface area contributed by atoms with Gasteiger partial charge in [-0.2, -0.15) is 0 Å². The van der Waals surface area contributed by atoms with Gasteiger partial charge in [-0.05, 0) is 48.1 Å². The molecule has 1 aliphatic rings. The number of rotatable bonds is 6. The molecule has 1 aliphatic carbocycles. The lowest BCUT2D eigenvalue weighted by Gasteiger charge is -2.30. The minimum Gasteiger partial charge on any atom is -0.293 e. The van der Waals surface area contributed by atoms with Gasteiger partial charge in [0, 0.05) is 0 Å². The summed E-state index contributed by atoms with van der Waals surface area (Å²) in [5.41, 5.74) is 1.94. The number of unbranched alkanes of at least 4 members (excludes halogenated alkanes) is 1. The maximum Gasteiger partial charge on any atom is 0.188 e. The van der Waals surface area contributed by atoms with Gasteiger partial charge in [0.15, 0.2) is 15.6 Å². The van der Waals surface area contributed by atoms with Crippen LogP contribution in [0.2, 0.25) is 0 Å². The number of carbonyl (C=O) groups is 1. The molecule has 3 rings (SSSR count). The third-order valence-corrected chi connectivity index (χ3v) is 7.20. The summed E-state index contributed by atoms with van der Waals surface area (Å²) in [6.45, 7) is 2.08. The number of sulfone groups is 1. The van der Waals surface area contributed by atoms with Gasteiger partial charge in [-0.1, -0.05) is 68.3 Å². The monoisotopic (exact) mass is 368 g/mol. The Bertz CT molecular complexity index is 883. The minimum atomic E-state index is -3.69. The molecule has 0 saturated carbocycles. The van der Waals surface area contributed by atoms with Gasteiger partial charge in [0.2, 0.25) is 0 Å². The van der Waals surface area contributed by atoms with Crippen molar-refractivity contribution in [3.63, 3.8) is 0 Å². The van der Waals surface area contributed by atoms with E-state index in [1.807, 2.05) is 30.3 Å². The van der Waals surface area contributed by atoms with Crippen molar-refractivity contribution in [2.75, 3.05) is 0 Å². The van der Waals surface area contributed by atoms with E-state index >= 15 is 0 Å². The first-order valence-corrected chi connectivity index (χ1v) is 10.7. The highest BCUT2D eigenvalue weighted by atomic mass is 32.2. The average molecular weight is 368 g/mol. The lowest BCUT2D eigenvalue weighted by Crippen LogP contribution is -2.39. The molecule has 2 atom stereocenters. The number of ketones is 1. The van der Waals surface area contributed by atoms with Crippen LogP contribution in [0, 0.1) is 5.92 Å². The zero-order valence-electron chi connectivity index (χ0n) is 15.0. The Hall–Kier alpha value is -2.20. The molecule has 3 nitrogen and oxygen atoms in total. The van der Waals surface area contributed by atoms with E-state index in [0.717, 1.165) is 30.4 Å². The predicted octanol–water partition coefficient (Wildman–Crippen LogP) is 4.69. The molecular formula is C22H24O3S. The molecule has 0 radical (unpaired) electrons. The van der Waals surface area contributed by atoms with Crippen molar-refractivity contribution in [2.45, 2.75) is 42.8 Å². The van der Waals surface area contributed by atoms with Crippen molar-refractivity contribution in [2.24, 2.45) is 5.92 Å². The van der Waals surface area contributed by atoms with Gasteiger partial charge in [0.25, 0.3) is 0 Å². The minimum absolute atomic E-state index is 0.187. The van der Waals surface area contributed by atoms with Gasteiger partial charge in [-0.3, -0.25) is 4.79 Å². The van der Waals surface area contributed by atoms with Crippen LogP contribution in [0.25, 0.3) is 5.57 Å². The second-order valence-electron chi connectivity index (χ2n) is 6.82. The van der Waals surface area contributed by atoms with E-state index in [1.54, 1.807) is 36.4 Å². The summed E-state index contributed by atoms with van der Waals surface area (Å²) in [5, 5.41) is -0.982. The molecule has 4 heteroatoms. The number of benzene rings is 2. The van der Waals surface area contributed by atoms with Crippen LogP contribution in [-0.4, -0.2) is 19.5 Å². The fraction of sp³-hybridized carbons (Fsp3) is 0.318. The summed E-state index contributed by atoms with van der Waals surface area (Å²) in [7, 11) is -3.69. The van der Waals surface area contributed by atoms with Gasteiger partial charge < -0.3 is 0 Å². The molecule has 26 heavy (non-hydrogen) atoms. The smallest absolute Gasteiger partial charge is 0.188 e. The normalized spacial score (nSPS) is 20.7. The molecular weight excluding hydrogens is 344 g/mol. The molecule has 0 aromatic heterocycles. The van der Waals surface area contributed by atoms with E-state index in [-0.39, 0.29) is 16.6 Å². The molecule has 0 saturated heterocycles. The van der Waals surface area contributed by atoms with Crippen molar-refractivity contribution in [3.8, 4) is 0 Å². The summed E-state index contributed by atoms with van der Waals surface area (Å²) in [5.74, 6) is -0.479. The first kappa shape index (κ1) is 18.6. The molecule has 2 aromatic rings. The first-order chi connectivity index (χ1) is 12.5. The Morgan fingerprint density at radius 1 is 0.962 bits per heavy atom. The Morgan fingerprint density at radius 3 is 2.19 bits per heavy atom. The Labute approximate surface area is 155 Å². The van der Waals surface area contributed by atoms with E-state index in [1.165, 1.54) is 0 Å². The Kier molecular flexibility index (Phi) is 5.72. The summed E-state index contributed by atoms with van der Waals surface area (Å²) in [6, 6.07) is 18.1. The van der Waals surface area contributed by atoms with Crippen molar-refractivity contribution in [1.82, 2.24) is 0 Å². The lowest BCUT2D eigenvalue weighted by atomic mass is 9.82. The van der Waals surface area contributed by atoms with Crippen LogP contribution in [0.5, 0.6) is 0 Å². The van der Waals surface area contributed by atoms with Crippen LogP contribution < -0.4 is 0 Å². The van der Waals surface area contributed by atoms with Crippen molar-refractivity contribution < 1.29 is 13.2 Å². The van der Waals surface area contributed by atoms with Crippen molar-refractivity contribution in [3.05, 3.63) is 72.3 Å². The molecule has 0 unspecified atom stereocenters. The standard InChI is InChI=1S/C22H24O3S/c1-2-3-10-18-15-19(17-11-6-4-7-12-17)16-21(23)22(18)26(24,25)20-13-8-5-9-14-20/h4-9,11-14,16,18,22H,2-3,10,15H2,1H3/t18-,22-/m0/s1. The molecule has 0 amide bonds. The summed E-state index contributed by atoms with van der Waals surface area (Å²) in [4.78, 5) is 13.1. The van der Waals surface area contributed by atoms with Crippen LogP contribution in [0.3, 0.4) is 0 Å². The number of carbonyl (C=O) groups excluding carboxylic acids is 1. The molecule has 0 N–H and O–H groups in total. The second-order valence-corrected chi connectivity index (χ2v) is 8.89. The zero-order chi connectivity index (χ0) is 18.6. The van der Waals surface area contributed by atoms with E-state index in [4.69, 9.17) is 0 Å². The first-order valence-electron chi connectivity index (χ1n) is 9.13. The van der Waals surface area contributed by atoms with E-state index in [2.05, 4.69) is 6.92 Å². The van der Waals surface area contributed by atoms with Gasteiger partial charge in [0.05, 0.1) is 4.90 Å². The summed E-state index contributed by atoms with van der Waals surface area (Å²) < 4.78 is 26.3. The van der Waals surface area contributed by atoms with Crippen LogP contribution >= 0.6 is 0 Å². The zero-order valence-corrected chi connectivity index (χ0v) is 15.8. The molecule has 2 aromatic carbocycles. The molecule has 0 fully saturated rings. The Morgan fingerprint density at radius 2 is 1.58 bits per heavy atom. The highest BCUT2D eigenvalue weighted by molar-refractivity contribution is 7.92. The highest BCUT2D eigenvalue weighted by Gasteiger charge is 2.42. The molecule has 136 valence electrons. The van der Waals surface area contributed by atoms with Crippen LogP contribution in [0.15, 0.2) is 71.6 Å². The van der Waals surface area contributed by atoms with Crippen LogP contribution in [-0.2, 0) is 14.6 Å². The van der Waals surface area contributed by atoms with Crippen LogP contribution in [0.4, 0.5) is 0 Å². The fourth-order valence-corrected chi connectivity index (χ4v) is 5.61. The van der Waals surface area contributed by atoms with Gasteiger partial charge >= 0.3 is 0 Å². The number of allylic oxidation sites excluding steroid dienone is 2. The van der Waals surface area contributed by atoms with Gasteiger partial charge in [-0.15, -0.1) is 0 Å². The van der Waals surface area contributed by atoms with Crippen molar-refractivity contribution in [1.29, 1.82) is 0 Å². The van der Waals surface area contributed by atoms with Gasteiger partial charge in [-0.25, -0.2) is 8.42 Å². The number of hydrogen-bond donors (Lipinski definition) is 0. The van der Waals surface area contributed by atoms with E-state index < -0.39 is 15.1 Å². The second kappa shape index (κ2) is 8.00. The highest BCUT2D eigenvalue weighted by Crippen LogP contribution is 2.37. The fourth-order valence-electron chi connectivity index (χ4n) is 3.67. The van der Waals surface area contributed by atoms with E-state index in [9.17, 15) is 13.2 Å². The summed E-state index contributed by atoms with van der Waals surface area (Å²) in [6.07, 6.45) is 4.80. The molecule has 0 bridgehead atoms. The number of hydrogen-bond acceptors (Lipinski definition) is 3. The topological polar surface area (TPSA) is 51.2 Å². The average Bonchev–Trinajstić information content (AvgIpc) is 2.67. The Balaban J connectivity index is 2.00. The molecule has 0 aliphatic heterocycles. The molecule has 0 heterocycles. The summed E-state index contributed by atoms with van der Waals surface area (Å²) >= 11 is 0. The third-order valence-electron chi connectivity index (χ3n) is 4.99.